The number of guanidine groups is 1. The van der Waals surface area contributed by atoms with Crippen LogP contribution in [0, 0.1) is 0 Å². The maximum atomic E-state index is 12.6. The van der Waals surface area contributed by atoms with Crippen LogP contribution < -0.4 is 10.2 Å². The molecule has 1 aromatic carbocycles. The molecular weight excluding hydrogens is 543 g/mol. The molecule has 178 valence electrons. The molecule has 1 N–H and O–H groups in total. The Bertz CT molecular complexity index is 940. The SMILES string of the molecule is CCNC(=NCCc1ccc(N(C)C)cc1)N1CCN(S(=O)(=O)Cc2ccon2)CC1.I. The van der Waals surface area contributed by atoms with Crippen molar-refractivity contribution in [1.82, 2.24) is 19.7 Å². The summed E-state index contributed by atoms with van der Waals surface area (Å²) in [5, 5.41) is 7.04. The van der Waals surface area contributed by atoms with Gasteiger partial charge in [-0.25, -0.2) is 8.42 Å². The first-order valence-electron chi connectivity index (χ1n) is 10.6. The minimum Gasteiger partial charge on any atom is -0.378 e. The van der Waals surface area contributed by atoms with E-state index in [1.54, 1.807) is 6.07 Å². The van der Waals surface area contributed by atoms with Gasteiger partial charge in [0, 0.05) is 65.1 Å². The van der Waals surface area contributed by atoms with E-state index in [9.17, 15) is 8.42 Å². The van der Waals surface area contributed by atoms with E-state index in [0.717, 1.165) is 18.9 Å². The van der Waals surface area contributed by atoms with Gasteiger partial charge in [0.2, 0.25) is 10.0 Å². The topological polar surface area (TPSA) is 94.3 Å². The van der Waals surface area contributed by atoms with Crippen molar-refractivity contribution in [2.75, 3.05) is 58.3 Å². The first-order chi connectivity index (χ1) is 14.9. The van der Waals surface area contributed by atoms with Gasteiger partial charge >= 0.3 is 0 Å². The number of anilines is 1. The average molecular weight is 577 g/mol. The number of aliphatic imine (C=N–C) groups is 1. The summed E-state index contributed by atoms with van der Waals surface area (Å²) in [6.45, 7) is 5.53. The van der Waals surface area contributed by atoms with E-state index >= 15 is 0 Å². The van der Waals surface area contributed by atoms with Crippen LogP contribution in [-0.2, 0) is 22.2 Å². The molecule has 1 aliphatic rings. The van der Waals surface area contributed by atoms with Crippen LogP contribution in [0.4, 0.5) is 5.69 Å². The minimum atomic E-state index is -3.41. The van der Waals surface area contributed by atoms with Gasteiger partial charge in [0.05, 0.1) is 5.69 Å². The highest BCUT2D eigenvalue weighted by atomic mass is 127. The fraction of sp³-hybridized carbons (Fsp3) is 0.524. The van der Waals surface area contributed by atoms with Gasteiger partial charge in [-0.05, 0) is 31.0 Å². The number of hydrogen-bond donors (Lipinski definition) is 1. The number of nitrogens with zero attached hydrogens (tertiary/aromatic N) is 5. The molecular formula is C21H33IN6O3S. The zero-order valence-corrected chi connectivity index (χ0v) is 22.0. The molecule has 2 heterocycles. The van der Waals surface area contributed by atoms with Crippen molar-refractivity contribution < 1.29 is 12.9 Å². The quantitative estimate of drug-likeness (QED) is 0.292. The van der Waals surface area contributed by atoms with Crippen LogP contribution in [0.15, 0.2) is 46.1 Å². The summed E-state index contributed by atoms with van der Waals surface area (Å²) in [6.07, 6.45) is 2.24. The van der Waals surface area contributed by atoms with Crippen LogP contribution in [0.5, 0.6) is 0 Å². The predicted octanol–water partition coefficient (Wildman–Crippen LogP) is 2.01. The molecule has 0 amide bonds. The number of aromatic nitrogens is 1. The standard InChI is InChI=1S/C21H32N6O3S.HI/c1-4-22-21(23-11-9-18-5-7-20(8-6-18)25(2)3)26-12-14-27(15-13-26)31(28,29)17-19-10-16-30-24-19;/h5-8,10,16H,4,9,11-15,17H2,1-3H3,(H,22,23);1H. The number of piperazine rings is 1. The molecule has 1 aliphatic heterocycles. The van der Waals surface area contributed by atoms with Gasteiger partial charge in [-0.15, -0.1) is 24.0 Å². The maximum Gasteiger partial charge on any atom is 0.220 e. The third kappa shape index (κ3) is 7.34. The molecule has 0 saturated carbocycles. The van der Waals surface area contributed by atoms with Crippen LogP contribution in [0.1, 0.15) is 18.2 Å². The zero-order chi connectivity index (χ0) is 22.3. The van der Waals surface area contributed by atoms with Crippen LogP contribution in [0.25, 0.3) is 0 Å². The highest BCUT2D eigenvalue weighted by Crippen LogP contribution is 2.14. The Morgan fingerprint density at radius 1 is 1.16 bits per heavy atom. The third-order valence-corrected chi connectivity index (χ3v) is 7.02. The van der Waals surface area contributed by atoms with Gasteiger partial charge in [0.25, 0.3) is 0 Å². The highest BCUT2D eigenvalue weighted by molar-refractivity contribution is 14.0. The minimum absolute atomic E-state index is 0. The van der Waals surface area contributed by atoms with E-state index in [0.29, 0.717) is 38.4 Å². The van der Waals surface area contributed by atoms with Crippen LogP contribution in [-0.4, -0.2) is 82.1 Å². The molecule has 0 bridgehead atoms. The molecule has 2 aromatic rings. The molecule has 0 spiro atoms. The second kappa shape index (κ2) is 12.4. The Morgan fingerprint density at radius 3 is 2.41 bits per heavy atom. The lowest BCUT2D eigenvalue weighted by molar-refractivity contribution is 0.260. The second-order valence-electron chi connectivity index (χ2n) is 7.68. The second-order valence-corrected chi connectivity index (χ2v) is 9.65. The monoisotopic (exact) mass is 576 g/mol. The Balaban J connectivity index is 0.00000363. The van der Waals surface area contributed by atoms with E-state index in [4.69, 9.17) is 9.52 Å². The van der Waals surface area contributed by atoms with E-state index in [1.807, 2.05) is 21.0 Å². The summed E-state index contributed by atoms with van der Waals surface area (Å²) >= 11 is 0. The lowest BCUT2D eigenvalue weighted by atomic mass is 10.1. The van der Waals surface area contributed by atoms with Gasteiger partial charge in [0.15, 0.2) is 5.96 Å². The smallest absolute Gasteiger partial charge is 0.220 e. The van der Waals surface area contributed by atoms with E-state index in [2.05, 4.69) is 44.5 Å². The first kappa shape index (κ1) is 26.4. The summed E-state index contributed by atoms with van der Waals surface area (Å²) < 4.78 is 31.5. The zero-order valence-electron chi connectivity index (χ0n) is 18.9. The summed E-state index contributed by atoms with van der Waals surface area (Å²) in [5.41, 5.74) is 2.85. The van der Waals surface area contributed by atoms with E-state index in [-0.39, 0.29) is 29.7 Å². The molecule has 1 fully saturated rings. The third-order valence-electron chi connectivity index (χ3n) is 5.20. The van der Waals surface area contributed by atoms with Gasteiger partial charge in [-0.1, -0.05) is 17.3 Å². The van der Waals surface area contributed by atoms with Gasteiger partial charge < -0.3 is 19.6 Å². The van der Waals surface area contributed by atoms with E-state index in [1.165, 1.54) is 21.8 Å². The Kier molecular flexibility index (Phi) is 10.2. The molecule has 0 atom stereocenters. The van der Waals surface area contributed by atoms with Crippen molar-refractivity contribution in [2.24, 2.45) is 4.99 Å². The fourth-order valence-electron chi connectivity index (χ4n) is 3.45. The summed E-state index contributed by atoms with van der Waals surface area (Å²) in [4.78, 5) is 8.97. The highest BCUT2D eigenvalue weighted by Gasteiger charge is 2.28. The number of hydrogen-bond acceptors (Lipinski definition) is 6. The van der Waals surface area contributed by atoms with Crippen LogP contribution in [0.3, 0.4) is 0 Å². The predicted molar refractivity (Wildman–Crippen MR) is 138 cm³/mol. The van der Waals surface area contributed by atoms with Crippen molar-refractivity contribution >= 4 is 45.6 Å². The molecule has 9 nitrogen and oxygen atoms in total. The number of sulfonamides is 1. The number of benzene rings is 1. The Labute approximate surface area is 207 Å². The molecule has 0 aliphatic carbocycles. The summed E-state index contributed by atoms with van der Waals surface area (Å²) in [6, 6.07) is 10.1. The van der Waals surface area contributed by atoms with Gasteiger partial charge in [-0.3, -0.25) is 4.99 Å². The number of nitrogens with one attached hydrogen (secondary N) is 1. The molecule has 0 radical (unpaired) electrons. The Morgan fingerprint density at radius 2 is 1.84 bits per heavy atom. The van der Waals surface area contributed by atoms with Crippen LogP contribution in [0.2, 0.25) is 0 Å². The maximum absolute atomic E-state index is 12.6. The van der Waals surface area contributed by atoms with Gasteiger partial charge in [0.1, 0.15) is 12.0 Å². The average Bonchev–Trinajstić information content (AvgIpc) is 3.26. The fourth-order valence-corrected chi connectivity index (χ4v) is 4.87. The van der Waals surface area contributed by atoms with Crippen molar-refractivity contribution in [2.45, 2.75) is 19.1 Å². The molecule has 1 saturated heterocycles. The lowest BCUT2D eigenvalue weighted by Crippen LogP contribution is -2.54. The largest absolute Gasteiger partial charge is 0.378 e. The van der Waals surface area contributed by atoms with Gasteiger partial charge in [-0.2, -0.15) is 4.31 Å². The van der Waals surface area contributed by atoms with Crippen LogP contribution >= 0.6 is 24.0 Å². The number of rotatable bonds is 8. The Hall–Kier alpha value is -1.86. The van der Waals surface area contributed by atoms with Crippen molar-refractivity contribution in [1.29, 1.82) is 0 Å². The molecule has 32 heavy (non-hydrogen) atoms. The number of halogens is 1. The molecule has 3 rings (SSSR count). The summed E-state index contributed by atoms with van der Waals surface area (Å²) in [7, 11) is 0.648. The van der Waals surface area contributed by atoms with E-state index < -0.39 is 10.0 Å². The normalized spacial score (nSPS) is 15.3. The summed E-state index contributed by atoms with van der Waals surface area (Å²) in [5.74, 6) is 0.700. The van der Waals surface area contributed by atoms with Crippen molar-refractivity contribution in [3.63, 3.8) is 0 Å². The first-order valence-corrected chi connectivity index (χ1v) is 12.2. The molecule has 1 aromatic heterocycles. The van der Waals surface area contributed by atoms with Crippen molar-refractivity contribution in [3.8, 4) is 0 Å². The van der Waals surface area contributed by atoms with Crippen molar-refractivity contribution in [3.05, 3.63) is 47.9 Å². The lowest BCUT2D eigenvalue weighted by Gasteiger charge is -2.35. The molecule has 11 heteroatoms. The molecule has 0 unspecified atom stereocenters.